The molecule has 1 aromatic carbocycles. The molecule has 4 bridgehead atoms. The lowest BCUT2D eigenvalue weighted by atomic mass is 9.79. The lowest BCUT2D eigenvalue weighted by Gasteiger charge is -2.41. The Morgan fingerprint density at radius 1 is 0.915 bits per heavy atom. The quantitative estimate of drug-likeness (QED) is 0.0215. The monoisotopic (exact) mass is 1350 g/mol. The van der Waals surface area contributed by atoms with Gasteiger partial charge in [-0.05, 0) is 109 Å². The average Bonchev–Trinajstić information content (AvgIpc) is 1.57. The van der Waals surface area contributed by atoms with Crippen LogP contribution in [0, 0.1) is 36.5 Å². The fraction of sp³-hybridized carbons (Fsp3) is 0.696. The highest BCUT2D eigenvalue weighted by Crippen LogP contribution is 2.49. The van der Waals surface area contributed by atoms with Crippen molar-refractivity contribution < 1.29 is 81.9 Å². The number of esters is 1. The zero-order valence-electron chi connectivity index (χ0n) is 56.7. The van der Waals surface area contributed by atoms with Crippen molar-refractivity contribution in [3.05, 3.63) is 52.1 Å². The first-order valence-corrected chi connectivity index (χ1v) is 34.9. The van der Waals surface area contributed by atoms with Gasteiger partial charge in [0.05, 0.1) is 54.7 Å². The van der Waals surface area contributed by atoms with Gasteiger partial charge in [0.25, 0.3) is 0 Å². The third kappa shape index (κ3) is 24.5. The number of Topliss-reactive ketones (excluding diaryl/α,β-unsaturated/α-hetero) is 3. The number of aliphatic hydroxyl groups is 1. The van der Waals surface area contributed by atoms with E-state index in [0.717, 1.165) is 47.7 Å². The van der Waals surface area contributed by atoms with Crippen LogP contribution in [0.4, 0.5) is 10.5 Å². The number of aryl methyl sites for hydroxylation is 1. The number of carboxylic acid groups (broad SMARTS) is 1. The molecule has 0 spiro atoms. The minimum Gasteiger partial charge on any atom is -0.481 e. The van der Waals surface area contributed by atoms with Gasteiger partial charge in [-0.3, -0.25) is 48.5 Å². The maximum atomic E-state index is 14.4. The summed E-state index contributed by atoms with van der Waals surface area (Å²) in [4.78, 5) is 146. The van der Waals surface area contributed by atoms with Crippen molar-refractivity contribution in [3.8, 4) is 0 Å². The summed E-state index contributed by atoms with van der Waals surface area (Å²) >= 11 is 7.86. The van der Waals surface area contributed by atoms with Gasteiger partial charge in [0.15, 0.2) is 0 Å². The summed E-state index contributed by atoms with van der Waals surface area (Å²) in [5, 5.41) is 31.9. The third-order valence-corrected chi connectivity index (χ3v) is 20.5. The normalized spacial score (nSPS) is 25.7. The number of carbonyl (C=O) groups excluding carboxylic acids is 10. The number of epoxide rings is 1. The van der Waals surface area contributed by atoms with Crippen LogP contribution in [0.1, 0.15) is 182 Å². The van der Waals surface area contributed by atoms with Gasteiger partial charge in [-0.15, -0.1) is 11.8 Å². The number of rotatable bonds is 34. The van der Waals surface area contributed by atoms with Crippen LogP contribution in [0.25, 0.3) is 0 Å². The van der Waals surface area contributed by atoms with E-state index < -0.39 is 101 Å². The van der Waals surface area contributed by atoms with E-state index in [2.05, 4.69) is 28.2 Å². The van der Waals surface area contributed by atoms with Gasteiger partial charge < -0.3 is 54.9 Å². The molecule has 23 nitrogen and oxygen atoms in total. The number of allylic oxidation sites excluding steroid dienone is 3. The number of likely N-dealkylation sites (N-methyl/N-ethyl adjacent to an activating group) is 1. The number of alkyl carbamates (subject to hydrolysis) is 1. The lowest BCUT2D eigenvalue weighted by molar-refractivity contribution is -0.162. The molecule has 25 heteroatoms. The summed E-state index contributed by atoms with van der Waals surface area (Å²) in [6, 6.07) is 2.58. The number of carboxylic acids is 1. The van der Waals surface area contributed by atoms with Crippen LogP contribution in [-0.4, -0.2) is 174 Å². The molecule has 6 N–H and O–H groups in total. The minimum absolute atomic E-state index is 0.00167. The highest BCUT2D eigenvalue weighted by molar-refractivity contribution is 8.00. The molecule has 5 rings (SSSR count). The van der Waals surface area contributed by atoms with Crippen molar-refractivity contribution in [2.45, 2.75) is 225 Å². The number of unbranched alkanes of at least 4 members (excludes halogenated alkanes) is 4. The van der Waals surface area contributed by atoms with Crippen LogP contribution >= 0.6 is 23.4 Å². The Labute approximate surface area is 563 Å². The molecular formula is C69H103ClN6O17S. The van der Waals surface area contributed by atoms with Crippen molar-refractivity contribution >= 4 is 94.0 Å². The molecule has 3 unspecified atom stereocenters. The van der Waals surface area contributed by atoms with E-state index >= 15 is 0 Å². The molecule has 6 amide bonds. The number of amides is 6. The predicted octanol–water partition coefficient (Wildman–Crippen LogP) is 8.23. The van der Waals surface area contributed by atoms with Gasteiger partial charge in [0, 0.05) is 95.1 Å². The summed E-state index contributed by atoms with van der Waals surface area (Å²) in [6.45, 7) is 14.9. The van der Waals surface area contributed by atoms with Gasteiger partial charge in [-0.1, -0.05) is 87.9 Å². The van der Waals surface area contributed by atoms with E-state index in [4.69, 9.17) is 30.5 Å². The van der Waals surface area contributed by atoms with E-state index in [0.29, 0.717) is 87.9 Å². The van der Waals surface area contributed by atoms with Crippen LogP contribution in [0.5, 0.6) is 0 Å². The number of nitrogens with one attached hydrogen (secondary N) is 4. The fourth-order valence-electron chi connectivity index (χ4n) is 12.4. The topological polar surface area (TPSA) is 323 Å². The SMILES string of the molecule is CCCCCC(=O)NCCOCCC(=O)CC(CCCCCC(=O)C1CCC(CNC(=O)C(CC(=O)O)SCCC(=O)N(C)[C@@H](C)C(=O)O[C@H]2CC(=O)N(C)c3cc(cc(C)c3Cl)C/C(C)=C/C=C/[C@H](C)[C@@]3(O)CC(OC(=O)N3)[C@@H](C)[C@@H]3O[C@@]23C)CC1)C(=O)NCC(C)=O. The number of ether oxygens (including phenoxy) is 4. The molecule has 524 valence electrons. The van der Waals surface area contributed by atoms with Crippen molar-refractivity contribution in [1.82, 2.24) is 26.2 Å². The molecule has 3 heterocycles. The zero-order chi connectivity index (χ0) is 69.5. The zero-order valence-corrected chi connectivity index (χ0v) is 58.3. The number of nitrogens with zero attached hydrogens (tertiary/aromatic N) is 2. The first-order chi connectivity index (χ1) is 44.5. The van der Waals surface area contributed by atoms with Crippen molar-refractivity contribution in [2.24, 2.45) is 29.6 Å². The van der Waals surface area contributed by atoms with Gasteiger partial charge in [-0.2, -0.15) is 0 Å². The molecule has 1 aliphatic carbocycles. The lowest BCUT2D eigenvalue weighted by Crippen LogP contribution is -2.60. The minimum atomic E-state index is -1.68. The second-order valence-corrected chi connectivity index (χ2v) is 28.1. The van der Waals surface area contributed by atoms with Crippen molar-refractivity contribution in [1.29, 1.82) is 0 Å². The second kappa shape index (κ2) is 37.9. The number of ketones is 3. The number of carbonyl (C=O) groups is 11. The maximum absolute atomic E-state index is 14.4. The molecule has 1 aromatic rings. The van der Waals surface area contributed by atoms with Crippen LogP contribution in [-0.2, 0) is 73.3 Å². The highest BCUT2D eigenvalue weighted by Gasteiger charge is 2.64. The Kier molecular flexibility index (Phi) is 31.7. The summed E-state index contributed by atoms with van der Waals surface area (Å²) in [7, 11) is 3.00. The van der Waals surface area contributed by atoms with Crippen LogP contribution in [0.2, 0.25) is 5.02 Å². The Hall–Kier alpha value is -6.21. The first kappa shape index (κ1) is 78.5. The number of halogens is 1. The third-order valence-electron chi connectivity index (χ3n) is 18.8. The molecule has 4 aliphatic rings. The van der Waals surface area contributed by atoms with Crippen LogP contribution in [0.3, 0.4) is 0 Å². The summed E-state index contributed by atoms with van der Waals surface area (Å²) in [6.07, 6.45) is 10.1. The molecular weight excluding hydrogens is 1250 g/mol. The molecule has 1 saturated carbocycles. The van der Waals surface area contributed by atoms with E-state index in [1.54, 1.807) is 33.9 Å². The van der Waals surface area contributed by atoms with E-state index in [-0.39, 0.29) is 105 Å². The maximum Gasteiger partial charge on any atom is 0.409 e. The number of aliphatic carboxylic acids is 1. The van der Waals surface area contributed by atoms with Crippen molar-refractivity contribution in [2.75, 3.05) is 57.6 Å². The molecule has 10 atom stereocenters. The second-order valence-electron chi connectivity index (χ2n) is 26.4. The smallest absolute Gasteiger partial charge is 0.409 e. The number of benzene rings is 1. The standard InChI is InChI=1S/C69H103ClN6O17S/c1-11-12-14-22-58(80)71-29-31-90-30-27-52(78)36-51(64(85)72-40-45(5)77)20-15-13-16-21-54(79)50-25-23-48(24-26-50)41-73-65(86)56(37-61(83)84)94-32-28-59(81)75(9)47(7)66(87)92-57-38-60(82)76(10)53-35-49(34-43(3)62(53)70)33-42(2)18-17-19-44(4)69(89)39-55(91-67(88)74-69)46(6)63-68(57,8)93-63/h17-19,34-35,44,46-48,50-51,55-57,63,89H,11-16,20-33,36-41H2,1-10H3,(H,71,80)(H,72,85)(H,73,86)(H,74,88)(H,83,84)/b19-17+,42-18+/t44-,46+,47-,48?,50?,51?,55?,56?,57-,63-,68-,69-/m0/s1. The molecule has 94 heavy (non-hydrogen) atoms. The predicted molar refractivity (Wildman–Crippen MR) is 357 cm³/mol. The van der Waals surface area contributed by atoms with Gasteiger partial charge in [0.2, 0.25) is 29.5 Å². The summed E-state index contributed by atoms with van der Waals surface area (Å²) in [5.41, 5.74) is 0.0541. The van der Waals surface area contributed by atoms with Gasteiger partial charge in [-0.25, -0.2) is 9.59 Å². The Morgan fingerprint density at radius 2 is 1.63 bits per heavy atom. The van der Waals surface area contributed by atoms with E-state index in [9.17, 15) is 63.0 Å². The number of hydrogen-bond donors (Lipinski definition) is 6. The summed E-state index contributed by atoms with van der Waals surface area (Å²) < 4.78 is 23.8. The highest BCUT2D eigenvalue weighted by atomic mass is 35.5. The van der Waals surface area contributed by atoms with E-state index in [1.165, 1.54) is 30.7 Å². The Morgan fingerprint density at radius 3 is 2.32 bits per heavy atom. The van der Waals surface area contributed by atoms with Crippen molar-refractivity contribution in [3.63, 3.8) is 0 Å². The molecule has 3 fully saturated rings. The van der Waals surface area contributed by atoms with E-state index in [1.807, 2.05) is 38.1 Å². The Balaban J connectivity index is 1.08. The molecule has 0 aromatic heterocycles. The van der Waals surface area contributed by atoms with Crippen LogP contribution in [0.15, 0.2) is 35.9 Å². The fourth-order valence-corrected chi connectivity index (χ4v) is 13.7. The summed E-state index contributed by atoms with van der Waals surface area (Å²) in [5.74, 6) is -5.88. The number of anilines is 1. The number of hydrogen-bond acceptors (Lipinski definition) is 17. The largest absolute Gasteiger partial charge is 0.481 e. The number of thioether (sulfide) groups is 1. The molecule has 0 radical (unpaired) electrons. The first-order valence-electron chi connectivity index (χ1n) is 33.5. The number of fused-ring (bicyclic) bond motifs is 5. The van der Waals surface area contributed by atoms with Crippen LogP contribution < -0.4 is 26.2 Å². The molecule has 2 saturated heterocycles. The van der Waals surface area contributed by atoms with Gasteiger partial charge in [0.1, 0.15) is 46.9 Å². The molecule has 3 aliphatic heterocycles. The van der Waals surface area contributed by atoms with Gasteiger partial charge >= 0.3 is 18.0 Å². The Bertz CT molecular complexity index is 2900. The average molecular weight is 1360 g/mol.